The van der Waals surface area contributed by atoms with Crippen LogP contribution in [0.5, 0.6) is 11.5 Å². The van der Waals surface area contributed by atoms with Crippen molar-refractivity contribution in [3.63, 3.8) is 0 Å². The van der Waals surface area contributed by atoms with Gasteiger partial charge < -0.3 is 24.9 Å². The smallest absolute Gasteiger partial charge is 0.419 e. The van der Waals surface area contributed by atoms with Crippen LogP contribution < -0.4 is 14.8 Å². The highest BCUT2D eigenvalue weighted by Crippen LogP contribution is 2.37. The number of aromatic amines is 1. The van der Waals surface area contributed by atoms with Crippen LogP contribution in [-0.2, 0) is 6.18 Å². The number of ketones is 1. The molecule has 0 amide bonds. The molecule has 0 radical (unpaired) electrons. The second-order valence-corrected chi connectivity index (χ2v) is 8.85. The number of hydrogen-bond acceptors (Lipinski definition) is 5. The van der Waals surface area contributed by atoms with E-state index in [1.807, 2.05) is 26.0 Å². The highest BCUT2D eigenvalue weighted by molar-refractivity contribution is 6.11. The molecule has 0 fully saturated rings. The molecular formula is C28H26F4N2O4. The number of alkyl halides is 3. The lowest BCUT2D eigenvalue weighted by atomic mass is 9.92. The van der Waals surface area contributed by atoms with E-state index < -0.39 is 29.4 Å². The number of carbonyl (C=O) groups excluding carboxylic acids is 1. The molecule has 1 heterocycles. The Bertz CT molecular complexity index is 1480. The number of anilines is 1. The number of hydrogen-bond donors (Lipinski definition) is 3. The van der Waals surface area contributed by atoms with Gasteiger partial charge in [-0.3, -0.25) is 4.79 Å². The summed E-state index contributed by atoms with van der Waals surface area (Å²) in [6.07, 6.45) is -3.64. The number of rotatable bonds is 9. The molecule has 0 bridgehead atoms. The summed E-state index contributed by atoms with van der Waals surface area (Å²) in [4.78, 5) is 16.7. The monoisotopic (exact) mass is 530 g/mol. The quantitative estimate of drug-likeness (QED) is 0.173. The summed E-state index contributed by atoms with van der Waals surface area (Å²) in [5, 5.41) is 12.2. The molecule has 1 atom stereocenters. The van der Waals surface area contributed by atoms with Crippen LogP contribution in [0.25, 0.3) is 10.9 Å². The molecule has 4 aromatic rings. The SMILES string of the molecule is COc1cc(NC(C(=O)c2c[nH]c3cc(F)c(C(F)(F)F)cc23)c2ccc(C)cc2C)cc(OCCO)c1. The zero-order valence-electron chi connectivity index (χ0n) is 20.9. The minimum atomic E-state index is -4.92. The first kappa shape index (κ1) is 27.0. The predicted octanol–water partition coefficient (Wildman–Crippen LogP) is 6.36. The van der Waals surface area contributed by atoms with Gasteiger partial charge in [0.25, 0.3) is 0 Å². The Balaban J connectivity index is 1.83. The number of aliphatic hydroxyl groups is 1. The van der Waals surface area contributed by atoms with Crippen LogP contribution in [0.1, 0.15) is 38.7 Å². The molecule has 0 aliphatic heterocycles. The fourth-order valence-electron chi connectivity index (χ4n) is 4.34. The maximum Gasteiger partial charge on any atom is 0.419 e. The molecule has 0 aliphatic carbocycles. The fraction of sp³-hybridized carbons (Fsp3) is 0.250. The van der Waals surface area contributed by atoms with Crippen molar-refractivity contribution in [2.24, 2.45) is 0 Å². The van der Waals surface area contributed by atoms with E-state index in [9.17, 15) is 22.4 Å². The molecule has 1 unspecified atom stereocenters. The van der Waals surface area contributed by atoms with E-state index in [2.05, 4.69) is 10.3 Å². The number of H-pyrrole nitrogens is 1. The Morgan fingerprint density at radius 1 is 1.08 bits per heavy atom. The minimum Gasteiger partial charge on any atom is -0.497 e. The lowest BCUT2D eigenvalue weighted by molar-refractivity contribution is -0.139. The third kappa shape index (κ3) is 5.60. The highest BCUT2D eigenvalue weighted by atomic mass is 19.4. The second kappa shape index (κ2) is 10.7. The minimum absolute atomic E-state index is 0.0253. The number of aliphatic hydroxyl groups excluding tert-OH is 1. The highest BCUT2D eigenvalue weighted by Gasteiger charge is 2.35. The number of halogens is 4. The van der Waals surface area contributed by atoms with Gasteiger partial charge in [-0.15, -0.1) is 0 Å². The van der Waals surface area contributed by atoms with Crippen molar-refractivity contribution in [2.75, 3.05) is 25.6 Å². The molecule has 6 nitrogen and oxygen atoms in total. The number of aryl methyl sites for hydroxylation is 2. The Hall–Kier alpha value is -4.05. The normalized spacial score (nSPS) is 12.4. The van der Waals surface area contributed by atoms with Gasteiger partial charge in [-0.25, -0.2) is 4.39 Å². The van der Waals surface area contributed by atoms with Crippen molar-refractivity contribution in [1.82, 2.24) is 4.98 Å². The summed E-state index contributed by atoms with van der Waals surface area (Å²) >= 11 is 0. The van der Waals surface area contributed by atoms with Gasteiger partial charge in [0.05, 0.1) is 19.3 Å². The molecule has 200 valence electrons. The Morgan fingerprint density at radius 3 is 2.47 bits per heavy atom. The summed E-state index contributed by atoms with van der Waals surface area (Å²) in [6.45, 7) is 3.57. The first-order chi connectivity index (χ1) is 18.0. The zero-order chi connectivity index (χ0) is 27.6. The molecule has 10 heteroatoms. The summed E-state index contributed by atoms with van der Waals surface area (Å²) in [6, 6.07) is 10.7. The van der Waals surface area contributed by atoms with Gasteiger partial charge >= 0.3 is 6.18 Å². The van der Waals surface area contributed by atoms with Crippen LogP contribution >= 0.6 is 0 Å². The van der Waals surface area contributed by atoms with E-state index in [0.29, 0.717) is 28.8 Å². The molecule has 0 aliphatic rings. The number of nitrogens with one attached hydrogen (secondary N) is 2. The third-order valence-electron chi connectivity index (χ3n) is 6.13. The van der Waals surface area contributed by atoms with Crippen molar-refractivity contribution >= 4 is 22.4 Å². The second-order valence-electron chi connectivity index (χ2n) is 8.85. The zero-order valence-corrected chi connectivity index (χ0v) is 20.9. The van der Waals surface area contributed by atoms with Gasteiger partial charge in [-0.2, -0.15) is 13.2 Å². The average molecular weight is 531 g/mol. The van der Waals surface area contributed by atoms with E-state index >= 15 is 0 Å². The van der Waals surface area contributed by atoms with E-state index in [1.165, 1.54) is 13.3 Å². The van der Waals surface area contributed by atoms with Crippen molar-refractivity contribution in [3.05, 3.63) is 88.4 Å². The molecule has 3 N–H and O–H groups in total. The van der Waals surface area contributed by atoms with Crippen molar-refractivity contribution in [3.8, 4) is 11.5 Å². The summed E-state index contributed by atoms with van der Waals surface area (Å²) in [5.74, 6) is -1.15. The van der Waals surface area contributed by atoms with Crippen molar-refractivity contribution in [2.45, 2.75) is 26.1 Å². The molecular weight excluding hydrogens is 504 g/mol. The number of fused-ring (bicyclic) bond motifs is 1. The molecule has 0 saturated carbocycles. The van der Waals surface area contributed by atoms with E-state index in [0.717, 1.165) is 17.2 Å². The predicted molar refractivity (Wildman–Crippen MR) is 135 cm³/mol. The largest absolute Gasteiger partial charge is 0.497 e. The van der Waals surface area contributed by atoms with Gasteiger partial charge in [-0.1, -0.05) is 23.8 Å². The lowest BCUT2D eigenvalue weighted by Gasteiger charge is -2.22. The maximum atomic E-state index is 14.1. The van der Waals surface area contributed by atoms with E-state index in [-0.39, 0.29) is 29.7 Å². The standard InChI is InChI=1S/C28H26F4N2O4/c1-15-4-5-20(16(2)8-15)26(34-17-9-18(37-3)11-19(10-17)38-7-6-35)27(36)22-14-33-25-13-24(29)23(12-21(22)25)28(30,31)32/h4-5,8-14,26,33-35H,6-7H2,1-3H3. The van der Waals surface area contributed by atoms with Crippen LogP contribution in [0.4, 0.5) is 23.2 Å². The molecule has 4 rings (SSSR count). The van der Waals surface area contributed by atoms with Gasteiger partial charge in [0.15, 0.2) is 5.78 Å². The number of ether oxygens (including phenoxy) is 2. The summed E-state index contributed by atoms with van der Waals surface area (Å²) in [7, 11) is 1.46. The number of methoxy groups -OCH3 is 1. The van der Waals surface area contributed by atoms with Crippen molar-refractivity contribution in [1.29, 1.82) is 0 Å². The maximum absolute atomic E-state index is 14.1. The third-order valence-corrected chi connectivity index (χ3v) is 6.13. The summed E-state index contributed by atoms with van der Waals surface area (Å²) < 4.78 is 65.3. The van der Waals surface area contributed by atoms with Crippen molar-refractivity contribution < 1.29 is 36.9 Å². The number of aromatic nitrogens is 1. The number of carbonyl (C=O) groups is 1. The van der Waals surface area contributed by atoms with Crippen LogP contribution in [0, 0.1) is 19.7 Å². The van der Waals surface area contributed by atoms with Gasteiger partial charge in [0.1, 0.15) is 30.0 Å². The first-order valence-corrected chi connectivity index (χ1v) is 11.7. The number of Topliss-reactive ketones (excluding diaryl/α,β-unsaturated/α-hetero) is 1. The van der Waals surface area contributed by atoms with E-state index in [4.69, 9.17) is 14.6 Å². The molecule has 1 aromatic heterocycles. The number of benzene rings is 3. The molecule has 0 saturated heterocycles. The Morgan fingerprint density at radius 2 is 1.82 bits per heavy atom. The van der Waals surface area contributed by atoms with Crippen LogP contribution in [-0.4, -0.2) is 36.2 Å². The van der Waals surface area contributed by atoms with Gasteiger partial charge in [0, 0.05) is 46.5 Å². The van der Waals surface area contributed by atoms with Crippen LogP contribution in [0.15, 0.2) is 54.7 Å². The Kier molecular flexibility index (Phi) is 7.63. The molecule has 3 aromatic carbocycles. The van der Waals surface area contributed by atoms with E-state index in [1.54, 1.807) is 24.3 Å². The lowest BCUT2D eigenvalue weighted by Crippen LogP contribution is -2.22. The average Bonchev–Trinajstić information content (AvgIpc) is 3.27. The van der Waals surface area contributed by atoms with Gasteiger partial charge in [0.2, 0.25) is 0 Å². The fourth-order valence-corrected chi connectivity index (χ4v) is 4.34. The Labute approximate surface area is 216 Å². The van der Waals surface area contributed by atoms with Crippen LogP contribution in [0.2, 0.25) is 0 Å². The first-order valence-electron chi connectivity index (χ1n) is 11.7. The van der Waals surface area contributed by atoms with Crippen LogP contribution in [0.3, 0.4) is 0 Å². The molecule has 0 spiro atoms. The summed E-state index contributed by atoms with van der Waals surface area (Å²) in [5.41, 5.74) is 1.40. The topological polar surface area (TPSA) is 83.6 Å². The van der Waals surface area contributed by atoms with Gasteiger partial charge in [-0.05, 0) is 37.1 Å². The molecule has 38 heavy (non-hydrogen) atoms.